The number of aromatic nitrogens is 5. The first-order valence-electron chi connectivity index (χ1n) is 16.0. The molecule has 0 amide bonds. The van der Waals surface area contributed by atoms with E-state index in [9.17, 15) is 28.4 Å². The molecule has 3 unspecified atom stereocenters. The van der Waals surface area contributed by atoms with Crippen molar-refractivity contribution in [2.45, 2.75) is 57.5 Å². The summed E-state index contributed by atoms with van der Waals surface area (Å²) >= 11 is 0. The molecule has 6 atom stereocenters. The number of methoxy groups -OCH3 is 1. The van der Waals surface area contributed by atoms with Crippen LogP contribution in [0.2, 0.25) is 0 Å². The maximum Gasteiger partial charge on any atom is 0.459 e. The smallest absolute Gasteiger partial charge is 0.459 e. The number of rotatable bonds is 13. The summed E-state index contributed by atoms with van der Waals surface area (Å²) in [7, 11) is -3.25. The van der Waals surface area contributed by atoms with Gasteiger partial charge in [-0.3, -0.25) is 18.9 Å². The SMILES string of the molecule is COc1nc(N)nc2c1ncn2C1OC(COP(=O)(N[C@H](C(=O)OCc2ccc(F)cc2F)C(C)C)Oc2cccc3ncccc23)[C@@H](O)[C@@]1(C)O. The van der Waals surface area contributed by atoms with Crippen LogP contribution in [0.5, 0.6) is 11.6 Å². The Bertz CT molecular complexity index is 2150. The Kier molecular flexibility index (Phi) is 10.4. The molecule has 19 heteroatoms. The van der Waals surface area contributed by atoms with Crippen molar-refractivity contribution in [3.05, 3.63) is 78.3 Å². The van der Waals surface area contributed by atoms with Gasteiger partial charge in [0, 0.05) is 23.2 Å². The Morgan fingerprint density at radius 1 is 1.17 bits per heavy atom. The van der Waals surface area contributed by atoms with Crippen molar-refractivity contribution in [1.82, 2.24) is 29.6 Å². The van der Waals surface area contributed by atoms with E-state index in [2.05, 4.69) is 25.0 Å². The highest BCUT2D eigenvalue weighted by Crippen LogP contribution is 2.49. The number of nitrogens with two attached hydrogens (primary N) is 1. The van der Waals surface area contributed by atoms with Gasteiger partial charge in [-0.05, 0) is 49.2 Å². The summed E-state index contributed by atoms with van der Waals surface area (Å²) in [6.45, 7) is 3.42. The molecule has 6 rings (SSSR count). The number of fused-ring (bicyclic) bond motifs is 2. The third-order valence-corrected chi connectivity index (χ3v) is 9.96. The van der Waals surface area contributed by atoms with Crippen LogP contribution in [0.25, 0.3) is 22.1 Å². The first kappa shape index (κ1) is 36.9. The summed E-state index contributed by atoms with van der Waals surface area (Å²) < 4.78 is 72.2. The third-order valence-electron chi connectivity index (χ3n) is 8.44. The normalized spacial score (nSPS) is 22.1. The fourth-order valence-electron chi connectivity index (χ4n) is 5.67. The van der Waals surface area contributed by atoms with E-state index in [-0.39, 0.29) is 34.3 Å². The van der Waals surface area contributed by atoms with Gasteiger partial charge in [0.05, 0.1) is 25.6 Å². The summed E-state index contributed by atoms with van der Waals surface area (Å²) in [5, 5.41) is 25.8. The molecule has 0 aliphatic carbocycles. The number of esters is 1. The van der Waals surface area contributed by atoms with Gasteiger partial charge in [-0.15, -0.1) is 0 Å². The second kappa shape index (κ2) is 14.7. The molecule has 16 nitrogen and oxygen atoms in total. The number of benzene rings is 2. The highest BCUT2D eigenvalue weighted by Gasteiger charge is 2.54. The zero-order chi connectivity index (χ0) is 37.4. The standard InChI is InChI=1S/C33H36F2N7O9P/c1-17(2)25(30(44)48-14-18-10-11-19(34)13-21(18)35)41-52(46,51-23-9-5-8-22-20(23)7-6-12-37-22)49-15-24-27(43)33(3,45)31(50-24)42-16-38-26-28(42)39-32(36)40-29(26)47-4/h5-13,16-17,24-25,27,31,43,45H,14-15H2,1-4H3,(H,41,46)(H2,36,39,40)/t24?,25-,27+,31?,33+,52?/m0/s1. The fourth-order valence-corrected chi connectivity index (χ4v) is 7.35. The molecule has 3 aromatic heterocycles. The molecular weight excluding hydrogens is 707 g/mol. The van der Waals surface area contributed by atoms with Crippen molar-refractivity contribution < 1.29 is 51.6 Å². The van der Waals surface area contributed by atoms with Crippen LogP contribution in [0.4, 0.5) is 14.7 Å². The van der Waals surface area contributed by atoms with E-state index in [0.29, 0.717) is 17.0 Å². The van der Waals surface area contributed by atoms with Crippen LogP contribution in [-0.4, -0.2) is 78.3 Å². The lowest BCUT2D eigenvalue weighted by molar-refractivity contribution is -0.148. The second-order valence-corrected chi connectivity index (χ2v) is 14.2. The van der Waals surface area contributed by atoms with Gasteiger partial charge >= 0.3 is 13.7 Å². The summed E-state index contributed by atoms with van der Waals surface area (Å²) in [4.78, 5) is 30.1. The number of halogens is 2. The number of carbonyl (C=O) groups is 1. The van der Waals surface area contributed by atoms with Crippen LogP contribution >= 0.6 is 7.75 Å². The molecule has 5 aromatic rings. The average Bonchev–Trinajstić information content (AvgIpc) is 3.62. The molecule has 0 saturated carbocycles. The van der Waals surface area contributed by atoms with Crippen molar-refractivity contribution >= 4 is 41.7 Å². The second-order valence-electron chi connectivity index (χ2n) is 12.5. The third kappa shape index (κ3) is 7.39. The number of nitrogens with one attached hydrogen (secondary N) is 1. The highest BCUT2D eigenvalue weighted by molar-refractivity contribution is 7.52. The van der Waals surface area contributed by atoms with E-state index >= 15 is 0 Å². The van der Waals surface area contributed by atoms with Crippen molar-refractivity contribution in [2.24, 2.45) is 5.92 Å². The van der Waals surface area contributed by atoms with Crippen molar-refractivity contribution in [3.8, 4) is 11.6 Å². The van der Waals surface area contributed by atoms with Crippen molar-refractivity contribution in [3.63, 3.8) is 0 Å². The number of anilines is 1. The Morgan fingerprint density at radius 2 is 1.96 bits per heavy atom. The molecule has 52 heavy (non-hydrogen) atoms. The molecule has 1 saturated heterocycles. The molecule has 5 N–H and O–H groups in total. The predicted molar refractivity (Wildman–Crippen MR) is 181 cm³/mol. The minimum absolute atomic E-state index is 0.0770. The van der Waals surface area contributed by atoms with Crippen molar-refractivity contribution in [2.75, 3.05) is 19.5 Å². The Labute approximate surface area is 295 Å². The van der Waals surface area contributed by atoms with Crippen LogP contribution < -0.4 is 20.1 Å². The number of imidazole rings is 1. The average molecular weight is 744 g/mol. The predicted octanol–water partition coefficient (Wildman–Crippen LogP) is 3.81. The largest absolute Gasteiger partial charge is 0.479 e. The number of ether oxygens (including phenoxy) is 3. The number of hydrogen-bond donors (Lipinski definition) is 4. The molecule has 0 radical (unpaired) electrons. The van der Waals surface area contributed by atoms with Gasteiger partial charge in [0.25, 0.3) is 0 Å². The summed E-state index contributed by atoms with van der Waals surface area (Å²) in [6.07, 6.45) is -1.38. The molecule has 4 heterocycles. The molecule has 2 aromatic carbocycles. The van der Waals surface area contributed by atoms with Crippen LogP contribution in [0.3, 0.4) is 0 Å². The van der Waals surface area contributed by atoms with E-state index in [1.807, 2.05) is 0 Å². The molecule has 0 bridgehead atoms. The van der Waals surface area contributed by atoms with Gasteiger partial charge in [0.15, 0.2) is 17.4 Å². The summed E-state index contributed by atoms with van der Waals surface area (Å²) in [6, 6.07) is 9.66. The quantitative estimate of drug-likeness (QED) is 0.0997. The Hall–Kier alpha value is -4.84. The number of aliphatic hydroxyl groups is 2. The molecule has 1 aliphatic heterocycles. The fraction of sp³-hybridized carbons (Fsp3) is 0.364. The minimum atomic E-state index is -4.63. The van der Waals surface area contributed by atoms with E-state index in [1.165, 1.54) is 31.0 Å². The molecule has 276 valence electrons. The summed E-state index contributed by atoms with van der Waals surface area (Å²) in [5.41, 5.74) is 4.66. The Balaban J connectivity index is 1.27. The molecule has 1 fully saturated rings. The number of aliphatic hydroxyl groups excluding tert-OH is 1. The number of nitrogen functional groups attached to an aromatic ring is 1. The number of carbonyl (C=O) groups excluding carboxylic acids is 1. The van der Waals surface area contributed by atoms with E-state index in [1.54, 1.807) is 44.3 Å². The number of hydrogen-bond acceptors (Lipinski definition) is 14. The zero-order valence-corrected chi connectivity index (χ0v) is 29.2. The van der Waals surface area contributed by atoms with Gasteiger partial charge in [-0.2, -0.15) is 15.1 Å². The molecule has 1 aliphatic rings. The van der Waals surface area contributed by atoms with Crippen molar-refractivity contribution in [1.29, 1.82) is 0 Å². The Morgan fingerprint density at radius 3 is 2.69 bits per heavy atom. The zero-order valence-electron chi connectivity index (χ0n) is 28.3. The first-order valence-corrected chi connectivity index (χ1v) is 17.5. The number of nitrogens with zero attached hydrogens (tertiary/aromatic N) is 5. The van der Waals surface area contributed by atoms with Crippen LogP contribution in [0, 0.1) is 17.6 Å². The van der Waals surface area contributed by atoms with Gasteiger partial charge in [-0.1, -0.05) is 19.9 Å². The maximum atomic E-state index is 14.7. The monoisotopic (exact) mass is 743 g/mol. The van der Waals surface area contributed by atoms with Crippen LogP contribution in [-0.2, 0) is 30.0 Å². The lowest BCUT2D eigenvalue weighted by Crippen LogP contribution is -2.45. The van der Waals surface area contributed by atoms with Crippen LogP contribution in [0.15, 0.2) is 61.1 Å². The van der Waals surface area contributed by atoms with Gasteiger partial charge < -0.3 is 34.7 Å². The van der Waals surface area contributed by atoms with E-state index in [0.717, 1.165) is 12.1 Å². The van der Waals surface area contributed by atoms with E-state index in [4.69, 9.17) is 29.0 Å². The summed E-state index contributed by atoms with van der Waals surface area (Å²) in [5.74, 6) is -3.21. The first-order chi connectivity index (χ1) is 24.7. The molecular formula is C33H36F2N7O9P. The lowest BCUT2D eigenvalue weighted by atomic mass is 9.96. The van der Waals surface area contributed by atoms with Crippen LogP contribution in [0.1, 0.15) is 32.6 Å². The van der Waals surface area contributed by atoms with Gasteiger partial charge in [0.1, 0.15) is 47.8 Å². The lowest BCUT2D eigenvalue weighted by Gasteiger charge is -2.28. The molecule has 0 spiro atoms. The minimum Gasteiger partial charge on any atom is -0.479 e. The number of pyridine rings is 1. The van der Waals surface area contributed by atoms with Gasteiger partial charge in [0.2, 0.25) is 11.8 Å². The highest BCUT2D eigenvalue weighted by atomic mass is 31.2. The topological polar surface area (TPSA) is 215 Å². The maximum absolute atomic E-state index is 14.7. The van der Waals surface area contributed by atoms with Gasteiger partial charge in [-0.25, -0.2) is 18.3 Å². The van der Waals surface area contributed by atoms with E-state index < -0.39 is 74.6 Å².